The average molecular weight is 563 g/mol. The molecule has 32 heavy (non-hydrogen) atoms. The van der Waals surface area contributed by atoms with Crippen molar-refractivity contribution in [1.29, 1.82) is 0 Å². The van der Waals surface area contributed by atoms with Gasteiger partial charge in [0.25, 0.3) is 5.91 Å². The molecule has 0 unspecified atom stereocenters. The van der Waals surface area contributed by atoms with E-state index in [2.05, 4.69) is 15.9 Å². The van der Waals surface area contributed by atoms with Gasteiger partial charge in [0.05, 0.1) is 15.6 Å². The molecule has 0 bridgehead atoms. The van der Waals surface area contributed by atoms with Crippen LogP contribution in [-0.4, -0.2) is 11.7 Å². The minimum absolute atomic E-state index is 0.262. The number of hydrogen-bond acceptors (Lipinski definition) is 3. The molecule has 158 valence electrons. The van der Waals surface area contributed by atoms with Gasteiger partial charge in [-0.1, -0.05) is 75.0 Å². The summed E-state index contributed by atoms with van der Waals surface area (Å²) in [5.41, 5.74) is 1.61. The number of carbonyl (C=O) groups is 1. The van der Waals surface area contributed by atoms with Gasteiger partial charge in [-0.15, -0.1) is 11.3 Å². The van der Waals surface area contributed by atoms with Gasteiger partial charge in [-0.3, -0.25) is 9.69 Å². The summed E-state index contributed by atoms with van der Waals surface area (Å²) >= 11 is 24.0. The number of benzene rings is 3. The van der Waals surface area contributed by atoms with Crippen molar-refractivity contribution in [3.63, 3.8) is 0 Å². The van der Waals surface area contributed by atoms with Crippen molar-refractivity contribution in [1.82, 2.24) is 0 Å². The second-order valence-corrected chi connectivity index (χ2v) is 10.2. The molecule has 0 atom stereocenters. The smallest absolute Gasteiger partial charge is 0.266 e. The van der Waals surface area contributed by atoms with Crippen molar-refractivity contribution in [2.24, 2.45) is 4.99 Å². The van der Waals surface area contributed by atoms with Crippen molar-refractivity contribution in [2.75, 3.05) is 4.90 Å². The highest BCUT2D eigenvalue weighted by atomic mass is 79.9. The van der Waals surface area contributed by atoms with Gasteiger partial charge in [-0.05, 0) is 54.1 Å². The van der Waals surface area contributed by atoms with E-state index in [1.807, 2.05) is 48.5 Å². The first-order chi connectivity index (χ1) is 15.4. The Labute approximate surface area is 211 Å². The molecule has 0 N–H and O–H groups in total. The van der Waals surface area contributed by atoms with Crippen molar-refractivity contribution in [3.05, 3.63) is 102 Å². The van der Waals surface area contributed by atoms with Gasteiger partial charge >= 0.3 is 0 Å². The van der Waals surface area contributed by atoms with E-state index >= 15 is 0 Å². The van der Waals surface area contributed by atoms with Crippen LogP contribution in [0.4, 0.5) is 5.69 Å². The van der Waals surface area contributed by atoms with E-state index in [-0.39, 0.29) is 11.6 Å². The molecule has 0 saturated heterocycles. The third kappa shape index (κ3) is 3.89. The molecule has 1 amide bonds. The highest BCUT2D eigenvalue weighted by Crippen LogP contribution is 2.39. The molecule has 1 aliphatic heterocycles. The van der Waals surface area contributed by atoms with Crippen LogP contribution in [0, 0.1) is 0 Å². The fourth-order valence-electron chi connectivity index (χ4n) is 3.42. The van der Waals surface area contributed by atoms with Crippen LogP contribution in [0.2, 0.25) is 15.1 Å². The number of nitrogens with zero attached hydrogens (tertiary/aromatic N) is 2. The Kier molecular flexibility index (Phi) is 5.86. The van der Waals surface area contributed by atoms with Crippen LogP contribution in [0.15, 0.2) is 81.9 Å². The van der Waals surface area contributed by atoms with Crippen molar-refractivity contribution >= 4 is 95.7 Å². The van der Waals surface area contributed by atoms with Crippen LogP contribution >= 0.6 is 62.1 Å². The number of rotatable bonds is 3. The fraction of sp³-hybridized carbons (Fsp3) is 0. The Morgan fingerprint density at radius 1 is 0.969 bits per heavy atom. The monoisotopic (exact) mass is 560 g/mol. The van der Waals surface area contributed by atoms with Crippen LogP contribution < -0.4 is 4.90 Å². The predicted molar refractivity (Wildman–Crippen MR) is 139 cm³/mol. The molecule has 0 aliphatic carbocycles. The van der Waals surface area contributed by atoms with E-state index in [1.54, 1.807) is 29.2 Å². The largest absolute Gasteiger partial charge is 0.282 e. The van der Waals surface area contributed by atoms with E-state index in [4.69, 9.17) is 39.8 Å². The van der Waals surface area contributed by atoms with E-state index in [1.165, 1.54) is 11.3 Å². The molecule has 0 saturated carbocycles. The summed E-state index contributed by atoms with van der Waals surface area (Å²) in [4.78, 5) is 20.5. The molecule has 4 aromatic rings. The molecule has 0 fully saturated rings. The maximum Gasteiger partial charge on any atom is 0.282 e. The van der Waals surface area contributed by atoms with Crippen molar-refractivity contribution in [2.45, 2.75) is 0 Å². The number of carbonyl (C=O) groups excluding carboxylic acids is 1. The number of anilines is 1. The number of amidine groups is 1. The lowest BCUT2D eigenvalue weighted by Crippen LogP contribution is -2.32. The standard InChI is InChI=1S/C24H12BrCl3N2OS/c25-14-6-9-16(10-7-14)30-23(22-21(28)17-3-1-2-4-20(17)32-22)29-19(24(30)31)11-13-5-8-15(26)12-18(13)27/h1-12H/b19-11+. The number of halogens is 4. The Morgan fingerprint density at radius 3 is 2.44 bits per heavy atom. The summed E-state index contributed by atoms with van der Waals surface area (Å²) in [5, 5.41) is 2.47. The summed E-state index contributed by atoms with van der Waals surface area (Å²) in [6.45, 7) is 0. The third-order valence-electron chi connectivity index (χ3n) is 4.94. The molecule has 1 aliphatic rings. The predicted octanol–water partition coefficient (Wildman–Crippen LogP) is 8.46. The Balaban J connectivity index is 1.69. The van der Waals surface area contributed by atoms with E-state index in [0.717, 1.165) is 19.4 Å². The topological polar surface area (TPSA) is 32.7 Å². The maximum absolute atomic E-state index is 13.5. The molecule has 0 radical (unpaired) electrons. The molecule has 8 heteroatoms. The fourth-order valence-corrected chi connectivity index (χ4v) is 5.65. The van der Waals surface area contributed by atoms with Crippen LogP contribution in [-0.2, 0) is 4.79 Å². The zero-order valence-electron chi connectivity index (χ0n) is 16.2. The van der Waals surface area contributed by atoms with Crippen LogP contribution in [0.3, 0.4) is 0 Å². The molecule has 0 spiro atoms. The minimum atomic E-state index is -0.262. The lowest BCUT2D eigenvalue weighted by atomic mass is 10.2. The molecule has 2 heterocycles. The lowest BCUT2D eigenvalue weighted by Gasteiger charge is -2.18. The van der Waals surface area contributed by atoms with Gasteiger partial charge in [0, 0.05) is 24.6 Å². The summed E-state index contributed by atoms with van der Waals surface area (Å²) < 4.78 is 1.94. The van der Waals surface area contributed by atoms with Crippen LogP contribution in [0.5, 0.6) is 0 Å². The first-order valence-electron chi connectivity index (χ1n) is 9.45. The van der Waals surface area contributed by atoms with Crippen molar-refractivity contribution < 1.29 is 4.79 Å². The number of fused-ring (bicyclic) bond motifs is 1. The van der Waals surface area contributed by atoms with Gasteiger partial charge < -0.3 is 0 Å². The highest BCUT2D eigenvalue weighted by molar-refractivity contribution is 9.10. The van der Waals surface area contributed by atoms with Gasteiger partial charge in [-0.2, -0.15) is 0 Å². The average Bonchev–Trinajstić information content (AvgIpc) is 3.28. The summed E-state index contributed by atoms with van der Waals surface area (Å²) in [6, 6.07) is 20.4. The lowest BCUT2D eigenvalue weighted by molar-refractivity contribution is -0.113. The van der Waals surface area contributed by atoms with E-state index in [9.17, 15) is 4.79 Å². The summed E-state index contributed by atoms with van der Waals surface area (Å²) in [5.74, 6) is 0.224. The summed E-state index contributed by atoms with van der Waals surface area (Å²) in [6.07, 6.45) is 1.67. The molecule has 1 aromatic heterocycles. The molecule has 5 rings (SSSR count). The Hall–Kier alpha value is -2.15. The summed E-state index contributed by atoms with van der Waals surface area (Å²) in [7, 11) is 0. The second-order valence-electron chi connectivity index (χ2n) is 6.99. The normalized spacial score (nSPS) is 15.1. The Bertz CT molecular complexity index is 1440. The first kappa shape index (κ1) is 21.7. The van der Waals surface area contributed by atoms with Gasteiger partial charge in [0.2, 0.25) is 0 Å². The third-order valence-corrected chi connectivity index (χ3v) is 7.70. The van der Waals surface area contributed by atoms with Crippen molar-refractivity contribution in [3.8, 4) is 0 Å². The van der Waals surface area contributed by atoms with E-state index in [0.29, 0.717) is 32.2 Å². The zero-order valence-corrected chi connectivity index (χ0v) is 20.8. The SMILES string of the molecule is O=C1/C(=C\c2ccc(Cl)cc2Cl)N=C(c2sc3ccccc3c2Cl)N1c1ccc(Br)cc1. The van der Waals surface area contributed by atoms with Crippen LogP contribution in [0.25, 0.3) is 16.2 Å². The van der Waals surface area contributed by atoms with Crippen LogP contribution in [0.1, 0.15) is 10.4 Å². The Morgan fingerprint density at radius 2 is 1.72 bits per heavy atom. The molecular weight excluding hydrogens is 551 g/mol. The van der Waals surface area contributed by atoms with Gasteiger partial charge in [0.1, 0.15) is 5.70 Å². The van der Waals surface area contributed by atoms with E-state index < -0.39 is 0 Å². The zero-order chi connectivity index (χ0) is 22.4. The molecule has 3 aromatic carbocycles. The number of hydrogen-bond donors (Lipinski definition) is 0. The van der Waals surface area contributed by atoms with Gasteiger partial charge in [0.15, 0.2) is 5.84 Å². The molecule has 3 nitrogen and oxygen atoms in total. The second kappa shape index (κ2) is 8.65. The number of amides is 1. The quantitative estimate of drug-likeness (QED) is 0.231. The first-order valence-corrected chi connectivity index (χ1v) is 12.2. The highest BCUT2D eigenvalue weighted by Gasteiger charge is 2.35. The maximum atomic E-state index is 13.5. The molecular formula is C24H12BrCl3N2OS. The minimum Gasteiger partial charge on any atom is -0.266 e. The number of aliphatic imine (C=N–C) groups is 1. The van der Waals surface area contributed by atoms with Gasteiger partial charge in [-0.25, -0.2) is 4.99 Å². The number of thiophene rings is 1.